The fraction of sp³-hybridized carbons (Fsp3) is 0.417. The van der Waals surface area contributed by atoms with Gasteiger partial charge in [0, 0.05) is 17.0 Å². The number of methoxy groups -OCH3 is 1. The minimum atomic E-state index is -0.758. The molecule has 1 amide bonds. The Kier molecular flexibility index (Phi) is 3.52. The van der Waals surface area contributed by atoms with Gasteiger partial charge in [0.25, 0.3) is 0 Å². The number of fused-ring (bicyclic) bond motifs is 1. The summed E-state index contributed by atoms with van der Waals surface area (Å²) in [5.74, 6) is 0.650. The van der Waals surface area contributed by atoms with Crippen molar-refractivity contribution in [2.24, 2.45) is 10.2 Å². The fourth-order valence-corrected chi connectivity index (χ4v) is 2.10. The number of nitrogens with zero attached hydrogens (tertiary/aromatic N) is 2. The predicted octanol–water partition coefficient (Wildman–Crippen LogP) is 3.82. The second-order valence-corrected chi connectivity index (χ2v) is 4.52. The topological polar surface area (TPSA) is 60.2 Å². The third-order valence-corrected chi connectivity index (χ3v) is 3.20. The van der Waals surface area contributed by atoms with Crippen molar-refractivity contribution in [3.63, 3.8) is 0 Å². The predicted molar refractivity (Wildman–Crippen MR) is 66.9 cm³/mol. The van der Waals surface area contributed by atoms with Gasteiger partial charge in [-0.15, -0.1) is 5.11 Å². The van der Waals surface area contributed by atoms with E-state index in [1.165, 1.54) is 7.11 Å². The van der Waals surface area contributed by atoms with Crippen LogP contribution in [0.5, 0.6) is 5.75 Å². The zero-order valence-corrected chi connectivity index (χ0v) is 11.1. The van der Waals surface area contributed by atoms with E-state index in [0.717, 1.165) is 17.5 Å². The minimum Gasteiger partial charge on any atom is -0.488 e. The third-order valence-electron chi connectivity index (χ3n) is 2.81. The van der Waals surface area contributed by atoms with Gasteiger partial charge in [0.05, 0.1) is 7.11 Å². The Bertz CT molecular complexity index is 529. The van der Waals surface area contributed by atoms with E-state index in [2.05, 4.69) is 15.0 Å². The first kappa shape index (κ1) is 12.8. The first-order chi connectivity index (χ1) is 8.52. The van der Waals surface area contributed by atoms with E-state index in [1.807, 2.05) is 13.8 Å². The van der Waals surface area contributed by atoms with Crippen LogP contribution in [0, 0.1) is 6.92 Å². The first-order valence-electron chi connectivity index (χ1n) is 5.51. The van der Waals surface area contributed by atoms with E-state index in [9.17, 15) is 4.79 Å². The van der Waals surface area contributed by atoms with Gasteiger partial charge in [0.15, 0.2) is 5.75 Å². The van der Waals surface area contributed by atoms with Gasteiger partial charge >= 0.3 is 6.09 Å². The van der Waals surface area contributed by atoms with Crippen molar-refractivity contribution in [3.8, 4) is 5.75 Å². The van der Waals surface area contributed by atoms with Gasteiger partial charge in [-0.25, -0.2) is 4.79 Å². The maximum absolute atomic E-state index is 10.9. The molecule has 1 unspecified atom stereocenters. The van der Waals surface area contributed by atoms with Crippen molar-refractivity contribution in [2.45, 2.75) is 26.4 Å². The molecule has 1 aliphatic heterocycles. The van der Waals surface area contributed by atoms with E-state index in [1.54, 1.807) is 6.07 Å². The number of ether oxygens (including phenoxy) is 2. The summed E-state index contributed by atoms with van der Waals surface area (Å²) < 4.78 is 10.1. The van der Waals surface area contributed by atoms with E-state index in [4.69, 9.17) is 16.3 Å². The molecular formula is C12H13ClN2O3. The smallest absolute Gasteiger partial charge is 0.452 e. The summed E-state index contributed by atoms with van der Waals surface area (Å²) in [5, 5.41) is 7.83. The Morgan fingerprint density at radius 1 is 1.61 bits per heavy atom. The lowest BCUT2D eigenvalue weighted by atomic mass is 10.0. The highest BCUT2D eigenvalue weighted by atomic mass is 35.5. The number of benzene rings is 1. The SMILES string of the molecule is COC(=O)N=Nc1cc(Cl)c(C)c2c1OC(C)C2. The third kappa shape index (κ3) is 2.31. The van der Waals surface area contributed by atoms with Gasteiger partial charge in [0.1, 0.15) is 11.8 Å². The molecular weight excluding hydrogens is 256 g/mol. The Labute approximate surface area is 110 Å². The molecule has 0 spiro atoms. The highest BCUT2D eigenvalue weighted by molar-refractivity contribution is 6.31. The Balaban J connectivity index is 2.44. The Morgan fingerprint density at radius 2 is 2.33 bits per heavy atom. The molecule has 0 N–H and O–H groups in total. The number of amides is 1. The molecule has 96 valence electrons. The molecule has 18 heavy (non-hydrogen) atoms. The number of rotatable bonds is 1. The molecule has 1 heterocycles. The molecule has 0 saturated carbocycles. The van der Waals surface area contributed by atoms with Crippen LogP contribution in [0.25, 0.3) is 0 Å². The first-order valence-corrected chi connectivity index (χ1v) is 5.89. The van der Waals surface area contributed by atoms with Crippen LogP contribution in [0.2, 0.25) is 5.02 Å². The van der Waals surface area contributed by atoms with Crippen LogP contribution in [0.4, 0.5) is 10.5 Å². The summed E-state index contributed by atoms with van der Waals surface area (Å²) in [4.78, 5) is 10.9. The van der Waals surface area contributed by atoms with E-state index < -0.39 is 6.09 Å². The molecule has 1 aromatic carbocycles. The lowest BCUT2D eigenvalue weighted by Crippen LogP contribution is -2.05. The van der Waals surface area contributed by atoms with E-state index >= 15 is 0 Å². The van der Waals surface area contributed by atoms with Gasteiger partial charge in [0.2, 0.25) is 0 Å². The quantitative estimate of drug-likeness (QED) is 0.728. The summed E-state index contributed by atoms with van der Waals surface area (Å²) in [5.41, 5.74) is 2.46. The molecule has 5 nitrogen and oxygen atoms in total. The maximum atomic E-state index is 10.9. The molecule has 1 aromatic rings. The molecule has 0 aliphatic carbocycles. The molecule has 6 heteroatoms. The second kappa shape index (κ2) is 4.94. The molecule has 0 bridgehead atoms. The number of carbonyl (C=O) groups is 1. The zero-order chi connectivity index (χ0) is 13.3. The maximum Gasteiger partial charge on any atom is 0.452 e. The van der Waals surface area contributed by atoms with Crippen molar-refractivity contribution in [1.29, 1.82) is 0 Å². The molecule has 1 atom stereocenters. The average molecular weight is 269 g/mol. The van der Waals surface area contributed by atoms with Crippen molar-refractivity contribution in [2.75, 3.05) is 7.11 Å². The van der Waals surface area contributed by atoms with Crippen LogP contribution in [0.15, 0.2) is 16.3 Å². The van der Waals surface area contributed by atoms with Crippen molar-refractivity contribution in [1.82, 2.24) is 0 Å². The number of hydrogen-bond donors (Lipinski definition) is 0. The van der Waals surface area contributed by atoms with Crippen LogP contribution in [0.1, 0.15) is 18.1 Å². The second-order valence-electron chi connectivity index (χ2n) is 4.11. The summed E-state index contributed by atoms with van der Waals surface area (Å²) in [6.07, 6.45) is 0.0957. The lowest BCUT2D eigenvalue weighted by molar-refractivity contribution is 0.181. The van der Waals surface area contributed by atoms with Gasteiger partial charge < -0.3 is 9.47 Å². The monoisotopic (exact) mass is 268 g/mol. The minimum absolute atomic E-state index is 0.0734. The average Bonchev–Trinajstić information content (AvgIpc) is 2.74. The molecule has 0 radical (unpaired) electrons. The van der Waals surface area contributed by atoms with Crippen LogP contribution >= 0.6 is 11.6 Å². The number of halogens is 1. The van der Waals surface area contributed by atoms with Gasteiger partial charge in [-0.05, 0) is 25.5 Å². The zero-order valence-electron chi connectivity index (χ0n) is 10.4. The fourth-order valence-electron chi connectivity index (χ4n) is 1.88. The van der Waals surface area contributed by atoms with Gasteiger partial charge in [-0.3, -0.25) is 0 Å². The summed E-state index contributed by atoms with van der Waals surface area (Å²) in [6, 6.07) is 1.64. The van der Waals surface area contributed by atoms with E-state index in [0.29, 0.717) is 16.5 Å². The van der Waals surface area contributed by atoms with Crippen molar-refractivity contribution in [3.05, 3.63) is 22.2 Å². The number of hydrogen-bond acceptors (Lipinski definition) is 4. The largest absolute Gasteiger partial charge is 0.488 e. The van der Waals surface area contributed by atoms with Gasteiger partial charge in [-0.1, -0.05) is 16.7 Å². The van der Waals surface area contributed by atoms with Gasteiger partial charge in [-0.2, -0.15) is 0 Å². The van der Waals surface area contributed by atoms with Crippen LogP contribution in [-0.4, -0.2) is 19.3 Å². The summed E-state index contributed by atoms with van der Waals surface area (Å²) in [7, 11) is 1.24. The normalized spacial score (nSPS) is 17.7. The van der Waals surface area contributed by atoms with E-state index in [-0.39, 0.29) is 6.10 Å². The van der Waals surface area contributed by atoms with Crippen LogP contribution in [-0.2, 0) is 11.2 Å². The Morgan fingerprint density at radius 3 is 3.00 bits per heavy atom. The molecule has 0 aromatic heterocycles. The standard InChI is InChI=1S/C12H13ClN2O3/c1-6-4-8-7(2)9(13)5-10(11(8)18-6)14-15-12(16)17-3/h5-6H,4H2,1-3H3. The Hall–Kier alpha value is -1.62. The van der Waals surface area contributed by atoms with Crippen molar-refractivity contribution >= 4 is 23.4 Å². The van der Waals surface area contributed by atoms with Crippen LogP contribution < -0.4 is 4.74 Å². The number of azo groups is 1. The summed E-state index contributed by atoms with van der Waals surface area (Å²) >= 11 is 6.12. The molecule has 0 saturated heterocycles. The van der Waals surface area contributed by atoms with Crippen LogP contribution in [0.3, 0.4) is 0 Å². The van der Waals surface area contributed by atoms with Crippen molar-refractivity contribution < 1.29 is 14.3 Å². The molecule has 2 rings (SSSR count). The highest BCUT2D eigenvalue weighted by Crippen LogP contribution is 2.43. The number of carbonyl (C=O) groups excluding carboxylic acids is 1. The summed E-state index contributed by atoms with van der Waals surface area (Å²) in [6.45, 7) is 3.90. The lowest BCUT2D eigenvalue weighted by Gasteiger charge is -2.07. The molecule has 1 aliphatic rings. The molecule has 0 fully saturated rings. The highest BCUT2D eigenvalue weighted by Gasteiger charge is 2.26.